The van der Waals surface area contributed by atoms with Crippen LogP contribution in [0.3, 0.4) is 0 Å². The third-order valence-corrected chi connectivity index (χ3v) is 2.88. The quantitative estimate of drug-likeness (QED) is 0.839. The Labute approximate surface area is 95.2 Å². The summed E-state index contributed by atoms with van der Waals surface area (Å²) in [5, 5.41) is 5.04. The van der Waals surface area contributed by atoms with Gasteiger partial charge in [-0.2, -0.15) is 5.10 Å². The molecular weight excluding hydrogens is 258 g/mol. The third-order valence-electron chi connectivity index (χ3n) is 2.32. The van der Waals surface area contributed by atoms with Gasteiger partial charge in [0.25, 0.3) is 0 Å². The van der Waals surface area contributed by atoms with Crippen LogP contribution in [-0.2, 0) is 7.05 Å². The molecule has 1 heterocycles. The minimum absolute atomic E-state index is 0.0143. The molecule has 4 nitrogen and oxygen atoms in total. The van der Waals surface area contributed by atoms with Crippen molar-refractivity contribution in [3.05, 3.63) is 28.4 Å². The number of benzene rings is 1. The Bertz CT molecular complexity index is 533. The maximum Gasteiger partial charge on any atom is 0.177 e. The molecule has 0 saturated heterocycles. The topological polar surface area (TPSA) is 60.9 Å². The van der Waals surface area contributed by atoms with Gasteiger partial charge in [0.15, 0.2) is 5.78 Å². The molecule has 0 unspecified atom stereocenters. The van der Waals surface area contributed by atoms with Crippen molar-refractivity contribution in [1.82, 2.24) is 9.78 Å². The molecule has 0 aliphatic carbocycles. The summed E-state index contributed by atoms with van der Waals surface area (Å²) in [6.45, 7) is 0.0143. The lowest BCUT2D eigenvalue weighted by Crippen LogP contribution is -2.13. The number of nitrogens with two attached hydrogens (primary N) is 1. The van der Waals surface area contributed by atoms with Gasteiger partial charge in [0.1, 0.15) is 4.60 Å². The normalized spacial score (nSPS) is 10.9. The van der Waals surface area contributed by atoms with E-state index in [4.69, 9.17) is 5.73 Å². The Morgan fingerprint density at radius 3 is 3.00 bits per heavy atom. The summed E-state index contributed by atoms with van der Waals surface area (Å²) in [6, 6.07) is 5.52. The van der Waals surface area contributed by atoms with Gasteiger partial charge in [-0.05, 0) is 22.0 Å². The molecular formula is C10H10BrN3O. The highest BCUT2D eigenvalue weighted by Crippen LogP contribution is 2.26. The first kappa shape index (κ1) is 10.3. The number of aromatic nitrogens is 2. The first-order chi connectivity index (χ1) is 7.15. The molecule has 2 aromatic rings. The van der Waals surface area contributed by atoms with Gasteiger partial charge < -0.3 is 5.73 Å². The molecule has 0 atom stereocenters. The van der Waals surface area contributed by atoms with E-state index >= 15 is 0 Å². The molecule has 5 heteroatoms. The molecule has 0 spiro atoms. The largest absolute Gasteiger partial charge is 0.324 e. The molecule has 0 radical (unpaired) electrons. The van der Waals surface area contributed by atoms with E-state index in [0.29, 0.717) is 10.2 Å². The standard InChI is InChI=1S/C10H10BrN3O/c1-14-7-4-2-3-6(8(15)5-12)9(7)10(11)13-14/h2-4H,5,12H2,1H3. The van der Waals surface area contributed by atoms with Crippen molar-refractivity contribution in [3.8, 4) is 0 Å². The summed E-state index contributed by atoms with van der Waals surface area (Å²) in [7, 11) is 1.84. The fourth-order valence-corrected chi connectivity index (χ4v) is 2.26. The Hall–Kier alpha value is -1.20. The minimum Gasteiger partial charge on any atom is -0.324 e. The number of aryl methyl sites for hydroxylation is 1. The summed E-state index contributed by atoms with van der Waals surface area (Å²) < 4.78 is 2.41. The Morgan fingerprint density at radius 2 is 2.33 bits per heavy atom. The van der Waals surface area contributed by atoms with Gasteiger partial charge in [0.05, 0.1) is 12.1 Å². The van der Waals surface area contributed by atoms with Gasteiger partial charge >= 0.3 is 0 Å². The number of carbonyl (C=O) groups is 1. The lowest BCUT2D eigenvalue weighted by atomic mass is 10.1. The summed E-state index contributed by atoms with van der Waals surface area (Å²) in [5.41, 5.74) is 6.90. The van der Waals surface area contributed by atoms with Crippen LogP contribution in [0.2, 0.25) is 0 Å². The zero-order chi connectivity index (χ0) is 11.0. The molecule has 0 fully saturated rings. The lowest BCUT2D eigenvalue weighted by molar-refractivity contribution is 0.100. The molecule has 0 bridgehead atoms. The number of Topliss-reactive ketones (excluding diaryl/α,β-unsaturated/α-hetero) is 1. The monoisotopic (exact) mass is 267 g/mol. The Kier molecular flexibility index (Phi) is 2.58. The van der Waals surface area contributed by atoms with Crippen LogP contribution in [0.4, 0.5) is 0 Å². The van der Waals surface area contributed by atoms with E-state index in [0.717, 1.165) is 10.9 Å². The molecule has 78 valence electrons. The van der Waals surface area contributed by atoms with Crippen LogP contribution < -0.4 is 5.73 Å². The summed E-state index contributed by atoms with van der Waals surface area (Å²) in [6.07, 6.45) is 0. The van der Waals surface area contributed by atoms with E-state index < -0.39 is 0 Å². The molecule has 0 amide bonds. The Balaban J connectivity index is 2.80. The van der Waals surface area contributed by atoms with Crippen LogP contribution in [-0.4, -0.2) is 22.1 Å². The number of carbonyl (C=O) groups excluding carboxylic acids is 1. The van der Waals surface area contributed by atoms with Gasteiger partial charge in [0.2, 0.25) is 0 Å². The van der Waals surface area contributed by atoms with Gasteiger partial charge in [-0.1, -0.05) is 12.1 Å². The average molecular weight is 268 g/mol. The second-order valence-electron chi connectivity index (χ2n) is 3.24. The fraction of sp³-hybridized carbons (Fsp3) is 0.200. The highest BCUT2D eigenvalue weighted by molar-refractivity contribution is 9.10. The predicted molar refractivity (Wildman–Crippen MR) is 61.8 cm³/mol. The van der Waals surface area contributed by atoms with Crippen molar-refractivity contribution in [3.63, 3.8) is 0 Å². The third kappa shape index (κ3) is 1.57. The number of nitrogens with zero attached hydrogens (tertiary/aromatic N) is 2. The molecule has 0 aliphatic heterocycles. The van der Waals surface area contributed by atoms with Gasteiger partial charge in [-0.25, -0.2) is 0 Å². The van der Waals surface area contributed by atoms with E-state index in [1.165, 1.54) is 0 Å². The summed E-state index contributed by atoms with van der Waals surface area (Å²) in [5.74, 6) is -0.0747. The SMILES string of the molecule is Cn1nc(Br)c2c(C(=O)CN)cccc21. The number of fused-ring (bicyclic) bond motifs is 1. The number of hydrogen-bond acceptors (Lipinski definition) is 3. The summed E-state index contributed by atoms with van der Waals surface area (Å²) in [4.78, 5) is 11.6. The molecule has 0 aliphatic rings. The van der Waals surface area contributed by atoms with E-state index in [1.807, 2.05) is 19.2 Å². The van der Waals surface area contributed by atoms with Crippen molar-refractivity contribution >= 4 is 32.6 Å². The van der Waals surface area contributed by atoms with Crippen molar-refractivity contribution in [2.45, 2.75) is 0 Å². The van der Waals surface area contributed by atoms with Gasteiger partial charge in [0, 0.05) is 18.0 Å². The van der Waals surface area contributed by atoms with E-state index in [2.05, 4.69) is 21.0 Å². The maximum absolute atomic E-state index is 11.6. The summed E-state index contributed by atoms with van der Waals surface area (Å²) >= 11 is 3.34. The minimum atomic E-state index is -0.0747. The number of halogens is 1. The lowest BCUT2D eigenvalue weighted by Gasteiger charge is -2.00. The number of rotatable bonds is 2. The van der Waals surface area contributed by atoms with Crippen molar-refractivity contribution in [2.75, 3.05) is 6.54 Å². The van der Waals surface area contributed by atoms with Gasteiger partial charge in [-0.3, -0.25) is 9.48 Å². The van der Waals surface area contributed by atoms with Crippen LogP contribution in [0.25, 0.3) is 10.9 Å². The zero-order valence-electron chi connectivity index (χ0n) is 8.20. The van der Waals surface area contributed by atoms with Crippen LogP contribution in [0, 0.1) is 0 Å². The highest BCUT2D eigenvalue weighted by atomic mass is 79.9. The number of ketones is 1. The number of hydrogen-bond donors (Lipinski definition) is 1. The second kappa shape index (κ2) is 3.75. The van der Waals surface area contributed by atoms with Crippen LogP contribution >= 0.6 is 15.9 Å². The van der Waals surface area contributed by atoms with Crippen molar-refractivity contribution < 1.29 is 4.79 Å². The van der Waals surface area contributed by atoms with Crippen LogP contribution in [0.1, 0.15) is 10.4 Å². The Morgan fingerprint density at radius 1 is 1.60 bits per heavy atom. The highest BCUT2D eigenvalue weighted by Gasteiger charge is 2.14. The first-order valence-electron chi connectivity index (χ1n) is 4.49. The molecule has 1 aromatic carbocycles. The maximum atomic E-state index is 11.6. The molecule has 2 N–H and O–H groups in total. The second-order valence-corrected chi connectivity index (χ2v) is 3.99. The molecule has 0 saturated carbocycles. The van der Waals surface area contributed by atoms with E-state index in [1.54, 1.807) is 10.7 Å². The van der Waals surface area contributed by atoms with Crippen LogP contribution in [0.5, 0.6) is 0 Å². The van der Waals surface area contributed by atoms with E-state index in [9.17, 15) is 4.79 Å². The van der Waals surface area contributed by atoms with E-state index in [-0.39, 0.29) is 12.3 Å². The molecule has 15 heavy (non-hydrogen) atoms. The predicted octanol–water partition coefficient (Wildman–Crippen LogP) is 1.48. The van der Waals surface area contributed by atoms with Crippen molar-refractivity contribution in [1.29, 1.82) is 0 Å². The van der Waals surface area contributed by atoms with Gasteiger partial charge in [-0.15, -0.1) is 0 Å². The smallest absolute Gasteiger partial charge is 0.177 e. The first-order valence-corrected chi connectivity index (χ1v) is 5.29. The average Bonchev–Trinajstić information content (AvgIpc) is 2.54. The fourth-order valence-electron chi connectivity index (χ4n) is 1.60. The zero-order valence-corrected chi connectivity index (χ0v) is 9.78. The van der Waals surface area contributed by atoms with Crippen LogP contribution in [0.15, 0.2) is 22.8 Å². The molecule has 1 aromatic heterocycles. The molecule has 2 rings (SSSR count). The van der Waals surface area contributed by atoms with Crippen molar-refractivity contribution in [2.24, 2.45) is 12.8 Å².